The molecule has 0 fully saturated rings. The van der Waals surface area contributed by atoms with Crippen molar-refractivity contribution in [3.8, 4) is 0 Å². The average molecular weight is 253 g/mol. The van der Waals surface area contributed by atoms with Crippen molar-refractivity contribution in [3.63, 3.8) is 0 Å². The summed E-state index contributed by atoms with van der Waals surface area (Å²) in [5, 5.41) is 0. The Morgan fingerprint density at radius 1 is 1.50 bits per heavy atom. The van der Waals surface area contributed by atoms with E-state index >= 15 is 0 Å². The maximum atomic E-state index is 12.7. The van der Waals surface area contributed by atoms with Gasteiger partial charge >= 0.3 is 0 Å². The highest BCUT2D eigenvalue weighted by Crippen LogP contribution is 2.19. The van der Waals surface area contributed by atoms with E-state index in [4.69, 9.17) is 11.5 Å². The van der Waals surface area contributed by atoms with E-state index in [1.165, 1.54) is 6.20 Å². The monoisotopic (exact) mass is 253 g/mol. The van der Waals surface area contributed by atoms with E-state index in [1.54, 1.807) is 22.6 Å². The molecule has 0 aliphatic carbocycles. The van der Waals surface area contributed by atoms with Crippen molar-refractivity contribution in [2.24, 2.45) is 0 Å². The van der Waals surface area contributed by atoms with Crippen LogP contribution in [0.1, 0.15) is 0 Å². The first-order valence-corrected chi connectivity index (χ1v) is 3.55. The molecule has 1 rings (SSSR count). The summed E-state index contributed by atoms with van der Waals surface area (Å²) >= 11 is 1.79. The van der Waals surface area contributed by atoms with E-state index in [-0.39, 0.29) is 11.5 Å². The van der Waals surface area contributed by atoms with Gasteiger partial charge in [-0.25, -0.2) is 9.37 Å². The molecule has 1 heterocycles. The van der Waals surface area contributed by atoms with Gasteiger partial charge in [0.05, 0.1) is 3.57 Å². The van der Waals surface area contributed by atoms with Crippen molar-refractivity contribution >= 4 is 34.1 Å². The molecule has 0 amide bonds. The van der Waals surface area contributed by atoms with Crippen LogP contribution in [0.5, 0.6) is 0 Å². The Labute approximate surface area is 70.8 Å². The van der Waals surface area contributed by atoms with E-state index in [1.807, 2.05) is 0 Å². The van der Waals surface area contributed by atoms with Gasteiger partial charge in [-0.2, -0.15) is 0 Å². The average Bonchev–Trinajstić information content (AvgIpc) is 1.93. The highest BCUT2D eigenvalue weighted by atomic mass is 127. The number of pyridine rings is 1. The van der Waals surface area contributed by atoms with Crippen molar-refractivity contribution in [2.45, 2.75) is 0 Å². The number of nitrogens with two attached hydrogens (primary N) is 2. The van der Waals surface area contributed by atoms with Crippen LogP contribution in [0.4, 0.5) is 15.9 Å². The molecule has 0 radical (unpaired) electrons. The van der Waals surface area contributed by atoms with E-state index < -0.39 is 5.82 Å². The van der Waals surface area contributed by atoms with Crippen molar-refractivity contribution < 1.29 is 4.39 Å². The third-order valence-electron chi connectivity index (χ3n) is 1.04. The van der Waals surface area contributed by atoms with E-state index in [9.17, 15) is 4.39 Å². The lowest BCUT2D eigenvalue weighted by Crippen LogP contribution is -2.02. The third kappa shape index (κ3) is 1.13. The minimum absolute atomic E-state index is 0.0397. The van der Waals surface area contributed by atoms with Crippen molar-refractivity contribution in [3.05, 3.63) is 15.6 Å². The molecule has 5 heteroatoms. The number of nitrogen functional groups attached to an aromatic ring is 2. The van der Waals surface area contributed by atoms with E-state index in [0.29, 0.717) is 3.57 Å². The maximum Gasteiger partial charge on any atom is 0.164 e. The number of nitrogens with zero attached hydrogens (tertiary/aromatic N) is 1. The van der Waals surface area contributed by atoms with Crippen molar-refractivity contribution in [1.29, 1.82) is 0 Å². The van der Waals surface area contributed by atoms with Gasteiger partial charge in [-0.1, -0.05) is 0 Å². The molecule has 3 nitrogen and oxygen atoms in total. The molecule has 4 N–H and O–H groups in total. The Hall–Kier alpha value is -0.590. The summed E-state index contributed by atoms with van der Waals surface area (Å²) in [7, 11) is 0. The lowest BCUT2D eigenvalue weighted by atomic mass is 10.4. The summed E-state index contributed by atoms with van der Waals surface area (Å²) in [6, 6.07) is 0. The largest absolute Gasteiger partial charge is 0.393 e. The molecule has 0 aliphatic rings. The van der Waals surface area contributed by atoms with Crippen LogP contribution in [0, 0.1) is 9.39 Å². The van der Waals surface area contributed by atoms with Crippen LogP contribution < -0.4 is 11.5 Å². The number of rotatable bonds is 0. The molecular formula is C5H5FIN3. The number of hydrogen-bond donors (Lipinski definition) is 2. The molecule has 0 unspecified atom stereocenters. The fourth-order valence-electron chi connectivity index (χ4n) is 0.494. The molecule has 0 saturated heterocycles. The van der Waals surface area contributed by atoms with Gasteiger partial charge in [0.15, 0.2) is 5.82 Å². The van der Waals surface area contributed by atoms with Crippen LogP contribution in [-0.4, -0.2) is 4.98 Å². The molecular weight excluding hydrogens is 248 g/mol. The van der Waals surface area contributed by atoms with Crippen LogP contribution in [0.3, 0.4) is 0 Å². The Balaban J connectivity index is 3.34. The quantitative estimate of drug-likeness (QED) is 0.677. The smallest absolute Gasteiger partial charge is 0.164 e. The predicted octanol–water partition coefficient (Wildman–Crippen LogP) is 0.990. The predicted molar refractivity (Wildman–Crippen MR) is 45.7 cm³/mol. The summed E-state index contributed by atoms with van der Waals surface area (Å²) in [5.74, 6) is -0.453. The molecule has 1 aromatic rings. The van der Waals surface area contributed by atoms with Crippen molar-refractivity contribution in [2.75, 3.05) is 11.5 Å². The Bertz CT molecular complexity index is 236. The summed E-state index contributed by atoms with van der Waals surface area (Å²) in [6.07, 6.45) is 1.33. The van der Waals surface area contributed by atoms with Gasteiger partial charge in [0, 0.05) is 6.20 Å². The fraction of sp³-hybridized carbons (Fsp3) is 0. The summed E-state index contributed by atoms with van der Waals surface area (Å²) in [5.41, 5.74) is 10.3. The third-order valence-corrected chi connectivity index (χ3v) is 1.79. The summed E-state index contributed by atoms with van der Waals surface area (Å²) < 4.78 is 13.1. The molecule has 1 aromatic heterocycles. The highest BCUT2D eigenvalue weighted by Gasteiger charge is 2.06. The number of anilines is 2. The van der Waals surface area contributed by atoms with Gasteiger partial charge in [0.25, 0.3) is 0 Å². The lowest BCUT2D eigenvalue weighted by Gasteiger charge is -2.00. The molecule has 0 spiro atoms. The number of halogens is 2. The second kappa shape index (κ2) is 2.57. The second-order valence-electron chi connectivity index (χ2n) is 1.72. The summed E-state index contributed by atoms with van der Waals surface area (Å²) in [6.45, 7) is 0. The lowest BCUT2D eigenvalue weighted by molar-refractivity contribution is 0.623. The van der Waals surface area contributed by atoms with Crippen LogP contribution in [0.15, 0.2) is 6.20 Å². The normalized spacial score (nSPS) is 9.80. The Morgan fingerprint density at radius 3 is 2.60 bits per heavy atom. The number of aromatic nitrogens is 1. The molecule has 0 saturated carbocycles. The van der Waals surface area contributed by atoms with Crippen LogP contribution in [0.2, 0.25) is 0 Å². The molecule has 54 valence electrons. The zero-order chi connectivity index (χ0) is 7.72. The summed E-state index contributed by atoms with van der Waals surface area (Å²) in [4.78, 5) is 3.64. The Kier molecular flexibility index (Phi) is 1.93. The van der Waals surface area contributed by atoms with Gasteiger partial charge in [-0.05, 0) is 22.6 Å². The fourth-order valence-corrected chi connectivity index (χ4v) is 0.923. The van der Waals surface area contributed by atoms with Crippen LogP contribution in [0.25, 0.3) is 0 Å². The van der Waals surface area contributed by atoms with Crippen molar-refractivity contribution in [1.82, 2.24) is 4.98 Å². The second-order valence-corrected chi connectivity index (χ2v) is 2.88. The topological polar surface area (TPSA) is 64.9 Å². The Morgan fingerprint density at radius 2 is 2.10 bits per heavy atom. The first kappa shape index (κ1) is 7.52. The minimum Gasteiger partial charge on any atom is -0.393 e. The molecule has 0 aromatic carbocycles. The van der Waals surface area contributed by atoms with Crippen LogP contribution in [-0.2, 0) is 0 Å². The van der Waals surface area contributed by atoms with Gasteiger partial charge in [0.1, 0.15) is 11.5 Å². The van der Waals surface area contributed by atoms with E-state index in [0.717, 1.165) is 0 Å². The molecule has 10 heavy (non-hydrogen) atoms. The van der Waals surface area contributed by atoms with Crippen LogP contribution >= 0.6 is 22.6 Å². The maximum absolute atomic E-state index is 12.7. The first-order valence-electron chi connectivity index (χ1n) is 2.48. The van der Waals surface area contributed by atoms with Gasteiger partial charge in [-0.15, -0.1) is 0 Å². The first-order chi connectivity index (χ1) is 4.63. The SMILES string of the molecule is Nc1ncc(I)c(F)c1N. The zero-order valence-electron chi connectivity index (χ0n) is 4.94. The molecule has 0 bridgehead atoms. The van der Waals surface area contributed by atoms with Gasteiger partial charge < -0.3 is 11.5 Å². The minimum atomic E-state index is -0.492. The van der Waals surface area contributed by atoms with E-state index in [2.05, 4.69) is 4.98 Å². The molecule has 0 aliphatic heterocycles. The standard InChI is InChI=1S/C5H5FIN3/c6-3-2(7)1-10-5(9)4(3)8/h1H,8H2,(H2,9,10). The highest BCUT2D eigenvalue weighted by molar-refractivity contribution is 14.1. The zero-order valence-corrected chi connectivity index (χ0v) is 7.09. The van der Waals surface area contributed by atoms with Gasteiger partial charge in [-0.3, -0.25) is 0 Å². The molecule has 0 atom stereocenters. The van der Waals surface area contributed by atoms with Gasteiger partial charge in [0.2, 0.25) is 0 Å². The number of hydrogen-bond acceptors (Lipinski definition) is 3.